The third-order valence-corrected chi connectivity index (χ3v) is 2.49. The zero-order valence-electron chi connectivity index (χ0n) is 9.07. The Morgan fingerprint density at radius 3 is 2.47 bits per heavy atom. The predicted octanol–water partition coefficient (Wildman–Crippen LogP) is -0.111. The normalized spacial score (nSPS) is 18.7. The van der Waals surface area contributed by atoms with Gasteiger partial charge in [-0.2, -0.15) is 0 Å². The lowest BCUT2D eigenvalue weighted by Gasteiger charge is -2.18. The molecule has 0 aromatic rings. The van der Waals surface area contributed by atoms with Crippen LogP contribution in [0.15, 0.2) is 0 Å². The van der Waals surface area contributed by atoms with Crippen LogP contribution >= 0.6 is 0 Å². The summed E-state index contributed by atoms with van der Waals surface area (Å²) in [5.74, 6) is -0.153. The fraction of sp³-hybridized carbons (Fsp3) is 0.800. The van der Waals surface area contributed by atoms with Gasteiger partial charge in [-0.25, -0.2) is 0 Å². The van der Waals surface area contributed by atoms with Gasteiger partial charge in [0.1, 0.15) is 0 Å². The van der Waals surface area contributed by atoms with Crippen molar-refractivity contribution < 1.29 is 14.3 Å². The molecule has 1 aliphatic heterocycles. The number of carbonyl (C=O) groups is 2. The van der Waals surface area contributed by atoms with Crippen LogP contribution in [-0.4, -0.2) is 42.5 Å². The second-order valence-corrected chi connectivity index (χ2v) is 3.54. The minimum absolute atomic E-state index is 0.0591. The molecule has 0 saturated carbocycles. The van der Waals surface area contributed by atoms with E-state index in [0.29, 0.717) is 39.0 Å². The molecular weight excluding hydrogens is 196 g/mol. The maximum Gasteiger partial charge on any atom is 0.229 e. The van der Waals surface area contributed by atoms with Gasteiger partial charge in [-0.1, -0.05) is 0 Å². The van der Waals surface area contributed by atoms with Crippen molar-refractivity contribution in [2.75, 3.05) is 19.7 Å². The highest BCUT2D eigenvalue weighted by molar-refractivity contribution is 6.01. The Hall–Kier alpha value is -0.940. The molecule has 1 fully saturated rings. The number of nitrogens with zero attached hydrogens (tertiary/aromatic N) is 1. The molecule has 0 spiro atoms. The number of ether oxygens (including phenoxy) is 1. The van der Waals surface area contributed by atoms with Crippen LogP contribution < -0.4 is 5.73 Å². The Bertz CT molecular complexity index is 227. The Labute approximate surface area is 89.6 Å². The Morgan fingerprint density at radius 2 is 2.00 bits per heavy atom. The van der Waals surface area contributed by atoms with Crippen molar-refractivity contribution >= 4 is 11.8 Å². The molecule has 0 aromatic carbocycles. The fourth-order valence-corrected chi connectivity index (χ4v) is 1.65. The molecule has 1 heterocycles. The predicted molar refractivity (Wildman–Crippen MR) is 55.0 cm³/mol. The quantitative estimate of drug-likeness (QED) is 0.626. The van der Waals surface area contributed by atoms with Gasteiger partial charge >= 0.3 is 0 Å². The Morgan fingerprint density at radius 1 is 1.40 bits per heavy atom. The van der Waals surface area contributed by atoms with Crippen molar-refractivity contribution in [3.05, 3.63) is 0 Å². The Balaban J connectivity index is 2.34. The topological polar surface area (TPSA) is 72.6 Å². The van der Waals surface area contributed by atoms with Crippen LogP contribution in [0.5, 0.6) is 0 Å². The van der Waals surface area contributed by atoms with Crippen molar-refractivity contribution in [3.63, 3.8) is 0 Å². The summed E-state index contributed by atoms with van der Waals surface area (Å²) in [6, 6.07) is 0. The standard InChI is InChI=1S/C10H18N2O3/c1-2-15-8(7-11)5-6-12-9(13)3-4-10(12)14/h8H,2-7,11H2,1H3. The number of hydrogen-bond donors (Lipinski definition) is 1. The molecule has 0 radical (unpaired) electrons. The minimum atomic E-state index is -0.0766. The van der Waals surface area contributed by atoms with E-state index in [-0.39, 0.29) is 17.9 Å². The average Bonchev–Trinajstić information content (AvgIpc) is 2.54. The van der Waals surface area contributed by atoms with Gasteiger partial charge in [0, 0.05) is 32.5 Å². The zero-order valence-corrected chi connectivity index (χ0v) is 9.07. The summed E-state index contributed by atoms with van der Waals surface area (Å²) in [7, 11) is 0. The number of imide groups is 1. The van der Waals surface area contributed by atoms with E-state index in [9.17, 15) is 9.59 Å². The molecule has 2 N–H and O–H groups in total. The first-order chi connectivity index (χ1) is 7.19. The minimum Gasteiger partial charge on any atom is -0.377 e. The third kappa shape index (κ3) is 3.28. The summed E-state index contributed by atoms with van der Waals surface area (Å²) in [6.45, 7) is 3.35. The maximum atomic E-state index is 11.3. The molecule has 1 rings (SSSR count). The second kappa shape index (κ2) is 5.82. The number of nitrogens with two attached hydrogens (primary N) is 1. The molecule has 0 aliphatic carbocycles. The van der Waals surface area contributed by atoms with E-state index in [0.717, 1.165) is 0 Å². The SMILES string of the molecule is CCOC(CN)CCN1C(=O)CCC1=O. The fourth-order valence-electron chi connectivity index (χ4n) is 1.65. The molecule has 0 aromatic heterocycles. The molecule has 5 heteroatoms. The lowest BCUT2D eigenvalue weighted by molar-refractivity contribution is -0.138. The second-order valence-electron chi connectivity index (χ2n) is 3.54. The lowest BCUT2D eigenvalue weighted by Crippen LogP contribution is -2.34. The van der Waals surface area contributed by atoms with E-state index in [1.807, 2.05) is 6.92 Å². The van der Waals surface area contributed by atoms with Gasteiger partial charge in [0.2, 0.25) is 11.8 Å². The smallest absolute Gasteiger partial charge is 0.229 e. The Kier molecular flexibility index (Phi) is 4.71. The van der Waals surface area contributed by atoms with Crippen LogP contribution in [0, 0.1) is 0 Å². The first kappa shape index (κ1) is 12.1. The largest absolute Gasteiger partial charge is 0.377 e. The number of carbonyl (C=O) groups excluding carboxylic acids is 2. The molecule has 0 bridgehead atoms. The summed E-state index contributed by atoms with van der Waals surface area (Å²) >= 11 is 0. The first-order valence-electron chi connectivity index (χ1n) is 5.34. The van der Waals surface area contributed by atoms with Crippen molar-refractivity contribution in [2.45, 2.75) is 32.3 Å². The van der Waals surface area contributed by atoms with Crippen LogP contribution in [-0.2, 0) is 14.3 Å². The number of likely N-dealkylation sites (tertiary alicyclic amines) is 1. The first-order valence-corrected chi connectivity index (χ1v) is 5.34. The molecule has 2 amide bonds. The van der Waals surface area contributed by atoms with Crippen LogP contribution in [0.25, 0.3) is 0 Å². The third-order valence-electron chi connectivity index (χ3n) is 2.49. The van der Waals surface area contributed by atoms with Gasteiger partial charge in [0.25, 0.3) is 0 Å². The van der Waals surface area contributed by atoms with Crippen LogP contribution in [0.2, 0.25) is 0 Å². The van der Waals surface area contributed by atoms with E-state index < -0.39 is 0 Å². The van der Waals surface area contributed by atoms with Gasteiger partial charge in [0.15, 0.2) is 0 Å². The van der Waals surface area contributed by atoms with E-state index in [1.54, 1.807) is 0 Å². The average molecular weight is 214 g/mol. The summed E-state index contributed by atoms with van der Waals surface area (Å²) in [5, 5.41) is 0. The van der Waals surface area contributed by atoms with Gasteiger partial charge in [-0.15, -0.1) is 0 Å². The number of amides is 2. The van der Waals surface area contributed by atoms with E-state index >= 15 is 0 Å². The lowest BCUT2D eigenvalue weighted by atomic mass is 10.2. The van der Waals surface area contributed by atoms with Crippen molar-refractivity contribution in [2.24, 2.45) is 5.73 Å². The van der Waals surface area contributed by atoms with E-state index in [2.05, 4.69) is 0 Å². The van der Waals surface area contributed by atoms with Crippen LogP contribution in [0.4, 0.5) is 0 Å². The van der Waals surface area contributed by atoms with Crippen molar-refractivity contribution in [3.8, 4) is 0 Å². The van der Waals surface area contributed by atoms with E-state index in [4.69, 9.17) is 10.5 Å². The summed E-state index contributed by atoms with van der Waals surface area (Å²) < 4.78 is 5.35. The van der Waals surface area contributed by atoms with Gasteiger partial charge in [0.05, 0.1) is 6.10 Å². The number of hydrogen-bond acceptors (Lipinski definition) is 4. The summed E-state index contributed by atoms with van der Waals surface area (Å²) in [5.41, 5.74) is 5.50. The molecule has 86 valence electrons. The van der Waals surface area contributed by atoms with Gasteiger partial charge in [-0.05, 0) is 13.3 Å². The maximum absolute atomic E-state index is 11.3. The summed E-state index contributed by atoms with van der Waals surface area (Å²) in [6.07, 6.45) is 1.26. The molecule has 1 unspecified atom stereocenters. The molecule has 15 heavy (non-hydrogen) atoms. The highest BCUT2D eigenvalue weighted by Gasteiger charge is 2.28. The van der Waals surface area contributed by atoms with Gasteiger partial charge < -0.3 is 10.5 Å². The van der Waals surface area contributed by atoms with Crippen LogP contribution in [0.1, 0.15) is 26.2 Å². The molecule has 1 atom stereocenters. The summed E-state index contributed by atoms with van der Waals surface area (Å²) in [4.78, 5) is 23.9. The molecule has 5 nitrogen and oxygen atoms in total. The van der Waals surface area contributed by atoms with Crippen LogP contribution in [0.3, 0.4) is 0 Å². The zero-order chi connectivity index (χ0) is 11.3. The highest BCUT2D eigenvalue weighted by atomic mass is 16.5. The molecular formula is C10H18N2O3. The highest BCUT2D eigenvalue weighted by Crippen LogP contribution is 2.12. The molecule has 1 saturated heterocycles. The number of rotatable bonds is 6. The monoisotopic (exact) mass is 214 g/mol. The molecule has 1 aliphatic rings. The van der Waals surface area contributed by atoms with Crippen molar-refractivity contribution in [1.82, 2.24) is 4.90 Å². The van der Waals surface area contributed by atoms with Crippen molar-refractivity contribution in [1.29, 1.82) is 0 Å². The van der Waals surface area contributed by atoms with E-state index in [1.165, 1.54) is 4.90 Å². The van der Waals surface area contributed by atoms with Gasteiger partial charge in [-0.3, -0.25) is 14.5 Å².